The van der Waals surface area contributed by atoms with Gasteiger partial charge in [0.1, 0.15) is 0 Å². The van der Waals surface area contributed by atoms with Gasteiger partial charge in [0, 0.05) is 13.1 Å². The summed E-state index contributed by atoms with van der Waals surface area (Å²) in [5, 5.41) is 0. The van der Waals surface area contributed by atoms with E-state index in [0.717, 1.165) is 11.3 Å². The number of carbonyl (C=O) groups is 2. The van der Waals surface area contributed by atoms with Crippen LogP contribution in [0.4, 0.5) is 5.69 Å². The van der Waals surface area contributed by atoms with Crippen molar-refractivity contribution in [3.63, 3.8) is 0 Å². The molecule has 0 saturated heterocycles. The average Bonchev–Trinajstić information content (AvgIpc) is 2.72. The Bertz CT molecular complexity index is 709. The molecule has 3 rings (SSSR count). The topological polar surface area (TPSA) is 41.3 Å². The van der Waals surface area contributed by atoms with Crippen LogP contribution in [0.25, 0.3) is 0 Å². The van der Waals surface area contributed by atoms with Crippen molar-refractivity contribution >= 4 is 17.4 Å². The van der Waals surface area contributed by atoms with Crippen molar-refractivity contribution in [3.05, 3.63) is 59.9 Å². The molecular formula is C16H15N2O2+. The Labute approximate surface area is 117 Å². The number of aromatic nitrogens is 1. The molecule has 1 aliphatic heterocycles. The van der Waals surface area contributed by atoms with Gasteiger partial charge in [-0.2, -0.15) is 4.57 Å². The zero-order valence-electron chi connectivity index (χ0n) is 11.4. The minimum absolute atomic E-state index is 0.00793. The quantitative estimate of drug-likeness (QED) is 0.614. The fourth-order valence-electron chi connectivity index (χ4n) is 2.61. The fourth-order valence-corrected chi connectivity index (χ4v) is 2.61. The number of pyridine rings is 1. The largest absolute Gasteiger partial charge is 0.309 e. The molecule has 0 spiro atoms. The molecule has 1 aliphatic rings. The Balaban J connectivity index is 2.13. The van der Waals surface area contributed by atoms with Crippen LogP contribution in [0, 0.1) is 0 Å². The lowest BCUT2D eigenvalue weighted by Crippen LogP contribution is -2.45. The van der Waals surface area contributed by atoms with Crippen LogP contribution >= 0.6 is 0 Å². The summed E-state index contributed by atoms with van der Waals surface area (Å²) in [4.78, 5) is 25.6. The Morgan fingerprint density at radius 2 is 1.95 bits per heavy atom. The van der Waals surface area contributed by atoms with Crippen LogP contribution in [-0.4, -0.2) is 18.7 Å². The van der Waals surface area contributed by atoms with E-state index in [4.69, 9.17) is 0 Å². The van der Waals surface area contributed by atoms with Gasteiger partial charge in [-0.25, -0.2) is 0 Å². The molecule has 0 aliphatic carbocycles. The van der Waals surface area contributed by atoms with Crippen molar-refractivity contribution in [2.75, 3.05) is 11.9 Å². The zero-order chi connectivity index (χ0) is 14.3. The first kappa shape index (κ1) is 12.5. The molecule has 0 bridgehead atoms. The number of benzene rings is 1. The van der Waals surface area contributed by atoms with E-state index in [1.165, 1.54) is 6.92 Å². The lowest BCUT2D eigenvalue weighted by Gasteiger charge is -2.08. The highest BCUT2D eigenvalue weighted by atomic mass is 16.2. The lowest BCUT2D eigenvalue weighted by molar-refractivity contribution is -0.699. The van der Waals surface area contributed by atoms with E-state index in [1.807, 2.05) is 30.5 Å². The monoisotopic (exact) mass is 267 g/mol. The second-order valence-corrected chi connectivity index (χ2v) is 4.95. The number of hydrogen-bond acceptors (Lipinski definition) is 2. The number of para-hydroxylation sites is 1. The number of Topliss-reactive ketones (excluding diaryl/α,β-unsaturated/α-hetero) is 1. The van der Waals surface area contributed by atoms with Crippen molar-refractivity contribution in [1.82, 2.24) is 0 Å². The standard InChI is InChI=1S/C16H15N2O2/c1-11(19)12-6-5-9-18(10-12)15-13-7-3-4-8-14(13)17(2)16(15)20/h3-10,15H,1-2H3/q+1. The van der Waals surface area contributed by atoms with Crippen molar-refractivity contribution in [3.8, 4) is 0 Å². The number of amides is 1. The maximum atomic E-state index is 12.5. The third-order valence-corrected chi connectivity index (χ3v) is 3.68. The molecule has 20 heavy (non-hydrogen) atoms. The number of nitrogens with zero attached hydrogens (tertiary/aromatic N) is 2. The lowest BCUT2D eigenvalue weighted by atomic mass is 10.1. The summed E-state index contributed by atoms with van der Waals surface area (Å²) in [6, 6.07) is 10.9. The van der Waals surface area contributed by atoms with Gasteiger partial charge < -0.3 is 4.90 Å². The number of ketones is 1. The normalized spacial score (nSPS) is 17.2. The molecule has 1 unspecified atom stereocenters. The Hall–Kier alpha value is -2.49. The van der Waals surface area contributed by atoms with Crippen LogP contribution in [0.5, 0.6) is 0 Å². The van der Waals surface area contributed by atoms with Gasteiger partial charge >= 0.3 is 5.91 Å². The van der Waals surface area contributed by atoms with E-state index in [0.29, 0.717) is 5.56 Å². The van der Waals surface area contributed by atoms with Gasteiger partial charge in [-0.3, -0.25) is 9.59 Å². The molecule has 1 amide bonds. The van der Waals surface area contributed by atoms with Crippen LogP contribution in [0.1, 0.15) is 28.9 Å². The first-order valence-corrected chi connectivity index (χ1v) is 6.48. The number of anilines is 1. The summed E-state index contributed by atoms with van der Waals surface area (Å²) in [5.41, 5.74) is 2.49. The third-order valence-electron chi connectivity index (χ3n) is 3.68. The van der Waals surface area contributed by atoms with Crippen LogP contribution in [0.2, 0.25) is 0 Å². The van der Waals surface area contributed by atoms with Gasteiger partial charge in [-0.15, -0.1) is 0 Å². The smallest absolute Gasteiger partial charge is 0.300 e. The van der Waals surface area contributed by atoms with Crippen molar-refractivity contribution in [1.29, 1.82) is 0 Å². The third kappa shape index (κ3) is 1.81. The minimum Gasteiger partial charge on any atom is -0.309 e. The van der Waals surface area contributed by atoms with Crippen molar-refractivity contribution in [2.45, 2.75) is 13.0 Å². The summed E-state index contributed by atoms with van der Waals surface area (Å²) < 4.78 is 1.81. The van der Waals surface area contributed by atoms with E-state index in [9.17, 15) is 9.59 Å². The average molecular weight is 267 g/mol. The highest BCUT2D eigenvalue weighted by Gasteiger charge is 2.41. The van der Waals surface area contributed by atoms with Crippen LogP contribution in [0.3, 0.4) is 0 Å². The highest BCUT2D eigenvalue weighted by Crippen LogP contribution is 2.33. The van der Waals surface area contributed by atoms with Crippen LogP contribution in [-0.2, 0) is 4.79 Å². The zero-order valence-corrected chi connectivity index (χ0v) is 11.4. The predicted molar refractivity (Wildman–Crippen MR) is 74.6 cm³/mol. The molecule has 100 valence electrons. The molecule has 0 N–H and O–H groups in total. The van der Waals surface area contributed by atoms with Gasteiger partial charge in [0.15, 0.2) is 18.2 Å². The Morgan fingerprint density at radius 3 is 2.70 bits per heavy atom. The van der Waals surface area contributed by atoms with E-state index in [2.05, 4.69) is 0 Å². The number of likely N-dealkylation sites (N-methyl/N-ethyl adjacent to an activating group) is 1. The molecule has 1 aromatic heterocycles. The molecule has 0 saturated carbocycles. The molecular weight excluding hydrogens is 252 g/mol. The van der Waals surface area contributed by atoms with E-state index in [1.54, 1.807) is 34.8 Å². The van der Waals surface area contributed by atoms with Crippen molar-refractivity contribution in [2.24, 2.45) is 0 Å². The predicted octanol–water partition coefficient (Wildman–Crippen LogP) is 1.74. The number of rotatable bonds is 2. The summed E-state index contributed by atoms with van der Waals surface area (Å²) in [6.45, 7) is 1.52. The van der Waals surface area contributed by atoms with Gasteiger partial charge in [0.05, 0.1) is 16.8 Å². The minimum atomic E-state index is -0.393. The molecule has 0 radical (unpaired) electrons. The molecule has 4 nitrogen and oxygen atoms in total. The van der Waals surface area contributed by atoms with Crippen LogP contribution in [0.15, 0.2) is 48.8 Å². The molecule has 1 aromatic carbocycles. The summed E-state index contributed by atoms with van der Waals surface area (Å²) in [6.07, 6.45) is 3.56. The maximum Gasteiger partial charge on any atom is 0.300 e. The SMILES string of the molecule is CC(=O)c1ccc[n+](C2C(=O)N(C)c3ccccc32)c1. The second-order valence-electron chi connectivity index (χ2n) is 4.95. The summed E-state index contributed by atoms with van der Waals surface area (Å²) in [5.74, 6) is 0.00309. The molecule has 4 heteroatoms. The number of fused-ring (bicyclic) bond motifs is 1. The van der Waals surface area contributed by atoms with Crippen molar-refractivity contribution < 1.29 is 14.2 Å². The van der Waals surface area contributed by atoms with Gasteiger partial charge in [-0.1, -0.05) is 12.1 Å². The van der Waals surface area contributed by atoms with E-state index < -0.39 is 6.04 Å². The van der Waals surface area contributed by atoms with E-state index >= 15 is 0 Å². The van der Waals surface area contributed by atoms with Gasteiger partial charge in [0.2, 0.25) is 0 Å². The molecule has 1 atom stereocenters. The van der Waals surface area contributed by atoms with Gasteiger partial charge in [-0.05, 0) is 25.1 Å². The summed E-state index contributed by atoms with van der Waals surface area (Å²) in [7, 11) is 1.77. The Kier molecular flexibility index (Phi) is 2.86. The van der Waals surface area contributed by atoms with E-state index in [-0.39, 0.29) is 11.7 Å². The maximum absolute atomic E-state index is 12.5. The van der Waals surface area contributed by atoms with Crippen LogP contribution < -0.4 is 9.47 Å². The summed E-state index contributed by atoms with van der Waals surface area (Å²) >= 11 is 0. The number of hydrogen-bond donors (Lipinski definition) is 0. The first-order valence-electron chi connectivity index (χ1n) is 6.48. The first-order chi connectivity index (χ1) is 9.59. The molecule has 2 aromatic rings. The second kappa shape index (κ2) is 4.56. The Morgan fingerprint density at radius 1 is 1.20 bits per heavy atom. The highest BCUT2D eigenvalue weighted by molar-refractivity contribution is 6.03. The van der Waals surface area contributed by atoms with Gasteiger partial charge in [0.25, 0.3) is 6.04 Å². The molecule has 0 fully saturated rings. The molecule has 2 heterocycles. The fraction of sp³-hybridized carbons (Fsp3) is 0.188. The number of carbonyl (C=O) groups excluding carboxylic acids is 2.